The van der Waals surface area contributed by atoms with Crippen molar-refractivity contribution >= 4 is 0 Å². The molecule has 0 amide bonds. The van der Waals surface area contributed by atoms with Gasteiger partial charge in [0.15, 0.2) is 0 Å². The van der Waals surface area contributed by atoms with Gasteiger partial charge in [-0.2, -0.15) is 0 Å². The molecule has 1 atom stereocenters. The molecule has 1 aromatic carbocycles. The molecule has 1 aromatic heterocycles. The molecule has 0 radical (unpaired) electrons. The average molecular weight is 241 g/mol. The van der Waals surface area contributed by atoms with Crippen LogP contribution < -0.4 is 0 Å². The van der Waals surface area contributed by atoms with Crippen molar-refractivity contribution in [3.05, 3.63) is 65.0 Å². The molecular weight excluding hydrogens is 222 g/mol. The zero-order valence-corrected chi connectivity index (χ0v) is 10.9. The predicted molar refractivity (Wildman–Crippen MR) is 73.5 cm³/mol. The zero-order chi connectivity index (χ0) is 13.0. The minimum atomic E-state index is -0.588. The fourth-order valence-corrected chi connectivity index (χ4v) is 2.04. The van der Waals surface area contributed by atoms with E-state index in [2.05, 4.69) is 24.0 Å². The van der Waals surface area contributed by atoms with Crippen LogP contribution in [0.4, 0.5) is 0 Å². The van der Waals surface area contributed by atoms with Crippen LogP contribution in [-0.4, -0.2) is 10.1 Å². The SMILES string of the molecule is CCCc1cccc(C(O)c2ccc(C)nc2)c1. The van der Waals surface area contributed by atoms with Crippen LogP contribution in [0, 0.1) is 6.92 Å². The highest BCUT2D eigenvalue weighted by Crippen LogP contribution is 2.22. The molecule has 1 N–H and O–H groups in total. The van der Waals surface area contributed by atoms with Gasteiger partial charge in [0.2, 0.25) is 0 Å². The first kappa shape index (κ1) is 12.8. The topological polar surface area (TPSA) is 33.1 Å². The summed E-state index contributed by atoms with van der Waals surface area (Å²) in [6.07, 6.45) is 3.32. The van der Waals surface area contributed by atoms with E-state index in [9.17, 15) is 5.11 Å². The second kappa shape index (κ2) is 5.78. The molecule has 18 heavy (non-hydrogen) atoms. The number of rotatable bonds is 4. The van der Waals surface area contributed by atoms with Crippen LogP contribution in [0.25, 0.3) is 0 Å². The number of hydrogen-bond acceptors (Lipinski definition) is 2. The lowest BCUT2D eigenvalue weighted by Gasteiger charge is -2.12. The lowest BCUT2D eigenvalue weighted by molar-refractivity contribution is 0.219. The van der Waals surface area contributed by atoms with Crippen LogP contribution in [0.3, 0.4) is 0 Å². The van der Waals surface area contributed by atoms with Gasteiger partial charge in [0.1, 0.15) is 6.10 Å². The second-order valence-corrected chi connectivity index (χ2v) is 4.63. The van der Waals surface area contributed by atoms with Crippen molar-refractivity contribution < 1.29 is 5.11 Å². The van der Waals surface area contributed by atoms with E-state index >= 15 is 0 Å². The van der Waals surface area contributed by atoms with Crippen LogP contribution in [-0.2, 0) is 6.42 Å². The Kier molecular flexibility index (Phi) is 4.11. The third kappa shape index (κ3) is 2.96. The van der Waals surface area contributed by atoms with E-state index in [1.165, 1.54) is 5.56 Å². The maximum absolute atomic E-state index is 10.3. The van der Waals surface area contributed by atoms with Crippen LogP contribution in [0.15, 0.2) is 42.6 Å². The molecule has 2 rings (SSSR count). The smallest absolute Gasteiger partial charge is 0.106 e. The number of aliphatic hydroxyl groups excluding tert-OH is 1. The van der Waals surface area contributed by atoms with Gasteiger partial charge < -0.3 is 5.11 Å². The number of aryl methyl sites for hydroxylation is 2. The first-order valence-corrected chi connectivity index (χ1v) is 6.40. The Morgan fingerprint density at radius 2 is 2.00 bits per heavy atom. The van der Waals surface area contributed by atoms with Crippen LogP contribution in [0.2, 0.25) is 0 Å². The molecule has 0 saturated carbocycles. The summed E-state index contributed by atoms with van der Waals surface area (Å²) < 4.78 is 0. The van der Waals surface area contributed by atoms with Crippen molar-refractivity contribution in [3.63, 3.8) is 0 Å². The number of aliphatic hydroxyl groups is 1. The first-order valence-electron chi connectivity index (χ1n) is 6.40. The molecule has 0 aliphatic rings. The number of aromatic nitrogens is 1. The Hall–Kier alpha value is -1.67. The summed E-state index contributed by atoms with van der Waals surface area (Å²) in [6.45, 7) is 4.10. The summed E-state index contributed by atoms with van der Waals surface area (Å²) in [5, 5.41) is 10.3. The fraction of sp³-hybridized carbons (Fsp3) is 0.312. The van der Waals surface area contributed by atoms with Crippen LogP contribution >= 0.6 is 0 Å². The van der Waals surface area contributed by atoms with Crippen molar-refractivity contribution in [2.24, 2.45) is 0 Å². The second-order valence-electron chi connectivity index (χ2n) is 4.63. The van der Waals surface area contributed by atoms with Crippen molar-refractivity contribution in [1.82, 2.24) is 4.98 Å². The summed E-state index contributed by atoms with van der Waals surface area (Å²) in [7, 11) is 0. The van der Waals surface area contributed by atoms with Crippen molar-refractivity contribution in [2.75, 3.05) is 0 Å². The standard InChI is InChI=1S/C16H19NO/c1-3-5-13-6-4-7-14(10-13)16(18)15-9-8-12(2)17-11-15/h4,6-11,16,18H,3,5H2,1-2H3. The van der Waals surface area contributed by atoms with E-state index in [1.807, 2.05) is 31.2 Å². The normalized spacial score (nSPS) is 12.4. The lowest BCUT2D eigenvalue weighted by Crippen LogP contribution is -2.01. The van der Waals surface area contributed by atoms with Crippen LogP contribution in [0.1, 0.15) is 41.8 Å². The van der Waals surface area contributed by atoms with E-state index in [0.717, 1.165) is 29.7 Å². The molecule has 94 valence electrons. The molecule has 0 saturated heterocycles. The Balaban J connectivity index is 2.24. The van der Waals surface area contributed by atoms with E-state index in [1.54, 1.807) is 6.20 Å². The maximum atomic E-state index is 10.3. The van der Waals surface area contributed by atoms with Gasteiger partial charge in [-0.05, 0) is 30.5 Å². The van der Waals surface area contributed by atoms with Gasteiger partial charge in [-0.25, -0.2) is 0 Å². The van der Waals surface area contributed by atoms with Gasteiger partial charge in [-0.15, -0.1) is 0 Å². The lowest BCUT2D eigenvalue weighted by atomic mass is 9.99. The largest absolute Gasteiger partial charge is 0.384 e. The highest BCUT2D eigenvalue weighted by molar-refractivity contribution is 5.32. The molecule has 0 fully saturated rings. The number of benzene rings is 1. The molecule has 1 heterocycles. The molecule has 0 aliphatic carbocycles. The predicted octanol–water partition coefficient (Wildman–Crippen LogP) is 3.42. The molecular formula is C16H19NO. The molecule has 1 unspecified atom stereocenters. The molecule has 0 aliphatic heterocycles. The van der Waals surface area contributed by atoms with Gasteiger partial charge in [-0.1, -0.05) is 43.7 Å². The summed E-state index contributed by atoms with van der Waals surface area (Å²) >= 11 is 0. The van der Waals surface area contributed by atoms with Crippen molar-refractivity contribution in [1.29, 1.82) is 0 Å². The quantitative estimate of drug-likeness (QED) is 0.889. The first-order chi connectivity index (χ1) is 8.70. The molecule has 0 bridgehead atoms. The maximum Gasteiger partial charge on any atom is 0.106 e. The Morgan fingerprint density at radius 3 is 2.67 bits per heavy atom. The third-order valence-corrected chi connectivity index (χ3v) is 3.06. The summed E-state index contributed by atoms with van der Waals surface area (Å²) in [5.41, 5.74) is 4.01. The molecule has 2 aromatic rings. The van der Waals surface area contributed by atoms with E-state index in [-0.39, 0.29) is 0 Å². The fourth-order valence-electron chi connectivity index (χ4n) is 2.04. The minimum Gasteiger partial charge on any atom is -0.384 e. The third-order valence-electron chi connectivity index (χ3n) is 3.06. The van der Waals surface area contributed by atoms with E-state index in [0.29, 0.717) is 0 Å². The highest BCUT2D eigenvalue weighted by atomic mass is 16.3. The Morgan fingerprint density at radius 1 is 1.17 bits per heavy atom. The monoisotopic (exact) mass is 241 g/mol. The van der Waals surface area contributed by atoms with Gasteiger partial charge >= 0.3 is 0 Å². The molecule has 0 spiro atoms. The van der Waals surface area contributed by atoms with E-state index in [4.69, 9.17) is 0 Å². The summed E-state index contributed by atoms with van der Waals surface area (Å²) in [5.74, 6) is 0. The van der Waals surface area contributed by atoms with Gasteiger partial charge in [-0.3, -0.25) is 4.98 Å². The molecule has 2 nitrogen and oxygen atoms in total. The Labute approximate surface area is 108 Å². The number of hydrogen-bond donors (Lipinski definition) is 1. The van der Waals surface area contributed by atoms with Gasteiger partial charge in [0.25, 0.3) is 0 Å². The number of pyridine rings is 1. The summed E-state index contributed by atoms with van der Waals surface area (Å²) in [4.78, 5) is 4.22. The number of nitrogens with zero attached hydrogens (tertiary/aromatic N) is 1. The minimum absolute atomic E-state index is 0.588. The van der Waals surface area contributed by atoms with Gasteiger partial charge in [0, 0.05) is 17.5 Å². The summed E-state index contributed by atoms with van der Waals surface area (Å²) in [6, 6.07) is 12.0. The van der Waals surface area contributed by atoms with Gasteiger partial charge in [0.05, 0.1) is 0 Å². The van der Waals surface area contributed by atoms with E-state index < -0.39 is 6.10 Å². The van der Waals surface area contributed by atoms with Crippen molar-refractivity contribution in [3.8, 4) is 0 Å². The van der Waals surface area contributed by atoms with Crippen molar-refractivity contribution in [2.45, 2.75) is 32.8 Å². The molecule has 2 heteroatoms. The zero-order valence-electron chi connectivity index (χ0n) is 10.9. The van der Waals surface area contributed by atoms with Crippen LogP contribution in [0.5, 0.6) is 0 Å². The Bertz CT molecular complexity index is 505. The highest BCUT2D eigenvalue weighted by Gasteiger charge is 2.10. The average Bonchev–Trinajstić information content (AvgIpc) is 2.39.